The number of nitrogens with zero attached hydrogens (tertiary/aromatic N) is 1. The molecule has 2 aromatic rings. The SMILES string of the molecule is Cc1ccc(CCC(=O)NC(CCN(C)C)c2ccc(Cl)cc2)cc1. The van der Waals surface area contributed by atoms with Gasteiger partial charge >= 0.3 is 0 Å². The Balaban J connectivity index is 1.95. The van der Waals surface area contributed by atoms with Gasteiger partial charge in [0.2, 0.25) is 5.91 Å². The molecule has 0 aliphatic carbocycles. The number of carbonyl (C=O) groups is 1. The third-order valence-electron chi connectivity index (χ3n) is 4.23. The van der Waals surface area contributed by atoms with E-state index >= 15 is 0 Å². The van der Waals surface area contributed by atoms with Gasteiger partial charge in [-0.15, -0.1) is 0 Å². The summed E-state index contributed by atoms with van der Waals surface area (Å²) in [5, 5.41) is 3.89. The third kappa shape index (κ3) is 6.89. The molecule has 0 fully saturated rings. The van der Waals surface area contributed by atoms with E-state index in [-0.39, 0.29) is 11.9 Å². The van der Waals surface area contributed by atoms with Gasteiger partial charge < -0.3 is 10.2 Å². The Morgan fingerprint density at radius 1 is 1.08 bits per heavy atom. The van der Waals surface area contributed by atoms with Crippen molar-refractivity contribution >= 4 is 17.5 Å². The normalized spacial score (nSPS) is 12.2. The molecule has 0 bridgehead atoms. The number of benzene rings is 2. The summed E-state index contributed by atoms with van der Waals surface area (Å²) in [6.07, 6.45) is 2.12. The van der Waals surface area contributed by atoms with Crippen LogP contribution in [0.15, 0.2) is 48.5 Å². The predicted molar refractivity (Wildman–Crippen MR) is 105 cm³/mol. The first-order valence-corrected chi connectivity index (χ1v) is 9.07. The van der Waals surface area contributed by atoms with Crippen molar-refractivity contribution in [1.29, 1.82) is 0 Å². The minimum Gasteiger partial charge on any atom is -0.349 e. The molecular weight excluding hydrogens is 332 g/mol. The van der Waals surface area contributed by atoms with Crippen molar-refractivity contribution < 1.29 is 4.79 Å². The van der Waals surface area contributed by atoms with Crippen LogP contribution in [0.4, 0.5) is 0 Å². The fourth-order valence-corrected chi connectivity index (χ4v) is 2.81. The van der Waals surface area contributed by atoms with Gasteiger partial charge in [0.25, 0.3) is 0 Å². The van der Waals surface area contributed by atoms with Crippen LogP contribution in [0, 0.1) is 6.92 Å². The molecule has 1 atom stereocenters. The second-order valence-corrected chi connectivity index (χ2v) is 7.19. The molecule has 2 aromatic carbocycles. The average Bonchev–Trinajstić information content (AvgIpc) is 2.59. The topological polar surface area (TPSA) is 32.3 Å². The van der Waals surface area contributed by atoms with E-state index < -0.39 is 0 Å². The van der Waals surface area contributed by atoms with Crippen molar-refractivity contribution in [3.05, 3.63) is 70.2 Å². The van der Waals surface area contributed by atoms with Crippen LogP contribution in [0.25, 0.3) is 0 Å². The first-order valence-electron chi connectivity index (χ1n) is 8.69. The summed E-state index contributed by atoms with van der Waals surface area (Å²) < 4.78 is 0. The molecule has 25 heavy (non-hydrogen) atoms. The van der Waals surface area contributed by atoms with Gasteiger partial charge in [0, 0.05) is 11.4 Å². The van der Waals surface area contributed by atoms with Crippen molar-refractivity contribution in [2.75, 3.05) is 20.6 Å². The number of amides is 1. The Kier molecular flexibility index (Phi) is 7.48. The van der Waals surface area contributed by atoms with E-state index in [0.29, 0.717) is 11.4 Å². The van der Waals surface area contributed by atoms with E-state index in [1.807, 2.05) is 38.4 Å². The predicted octanol–water partition coefficient (Wildman–Crippen LogP) is 4.39. The van der Waals surface area contributed by atoms with Crippen LogP contribution in [0.3, 0.4) is 0 Å². The Labute approximate surface area is 156 Å². The molecule has 1 N–H and O–H groups in total. The quantitative estimate of drug-likeness (QED) is 0.759. The van der Waals surface area contributed by atoms with Crippen LogP contribution in [-0.4, -0.2) is 31.4 Å². The third-order valence-corrected chi connectivity index (χ3v) is 4.49. The van der Waals surface area contributed by atoms with Crippen LogP contribution >= 0.6 is 11.6 Å². The zero-order valence-corrected chi connectivity index (χ0v) is 16.0. The fourth-order valence-electron chi connectivity index (χ4n) is 2.68. The van der Waals surface area contributed by atoms with Crippen LogP contribution in [0.2, 0.25) is 5.02 Å². The van der Waals surface area contributed by atoms with E-state index in [4.69, 9.17) is 11.6 Å². The molecule has 134 valence electrons. The van der Waals surface area contributed by atoms with Gasteiger partial charge in [0.05, 0.1) is 6.04 Å². The molecular formula is C21H27ClN2O. The van der Waals surface area contributed by atoms with Gasteiger partial charge in [0.15, 0.2) is 0 Å². The van der Waals surface area contributed by atoms with E-state index in [1.165, 1.54) is 11.1 Å². The lowest BCUT2D eigenvalue weighted by atomic mass is 10.0. The lowest BCUT2D eigenvalue weighted by Gasteiger charge is -2.21. The highest BCUT2D eigenvalue weighted by Crippen LogP contribution is 2.20. The molecule has 0 aromatic heterocycles. The Morgan fingerprint density at radius 3 is 2.32 bits per heavy atom. The number of halogens is 1. The summed E-state index contributed by atoms with van der Waals surface area (Å²) >= 11 is 5.98. The molecule has 0 heterocycles. The molecule has 0 aliphatic heterocycles. The van der Waals surface area contributed by atoms with Gasteiger partial charge in [-0.2, -0.15) is 0 Å². The summed E-state index contributed by atoms with van der Waals surface area (Å²) in [5.41, 5.74) is 3.52. The average molecular weight is 359 g/mol. The lowest BCUT2D eigenvalue weighted by molar-refractivity contribution is -0.121. The van der Waals surface area contributed by atoms with Gasteiger partial charge in [0.1, 0.15) is 0 Å². The maximum Gasteiger partial charge on any atom is 0.220 e. The summed E-state index contributed by atoms with van der Waals surface area (Å²) in [6, 6.07) is 16.1. The summed E-state index contributed by atoms with van der Waals surface area (Å²) in [4.78, 5) is 14.6. The standard InChI is InChI=1S/C21H27ClN2O/c1-16-4-6-17(7-5-16)8-13-21(25)23-20(14-15-24(2)3)18-9-11-19(22)12-10-18/h4-7,9-12,20H,8,13-15H2,1-3H3,(H,23,25). The van der Waals surface area contributed by atoms with Crippen LogP contribution < -0.4 is 5.32 Å². The molecule has 0 saturated heterocycles. The number of carbonyl (C=O) groups excluding carboxylic acids is 1. The van der Waals surface area contributed by atoms with Crippen molar-refractivity contribution in [1.82, 2.24) is 10.2 Å². The van der Waals surface area contributed by atoms with Crippen LogP contribution in [0.1, 0.15) is 35.6 Å². The maximum absolute atomic E-state index is 12.4. The molecule has 1 unspecified atom stereocenters. The fraction of sp³-hybridized carbons (Fsp3) is 0.381. The van der Waals surface area contributed by atoms with Gasteiger partial charge in [-0.3, -0.25) is 4.79 Å². The van der Waals surface area contributed by atoms with Crippen molar-refractivity contribution in [2.45, 2.75) is 32.2 Å². The van der Waals surface area contributed by atoms with Crippen molar-refractivity contribution in [3.8, 4) is 0 Å². The number of nitrogens with one attached hydrogen (secondary N) is 1. The molecule has 0 saturated carbocycles. The van der Waals surface area contributed by atoms with Gasteiger partial charge in [-0.1, -0.05) is 53.6 Å². The summed E-state index contributed by atoms with van der Waals surface area (Å²) in [5.74, 6) is 0.0827. The first kappa shape index (κ1) is 19.5. The molecule has 0 aliphatic rings. The lowest BCUT2D eigenvalue weighted by Crippen LogP contribution is -2.31. The van der Waals surface area contributed by atoms with E-state index in [0.717, 1.165) is 24.9 Å². The number of aryl methyl sites for hydroxylation is 2. The Morgan fingerprint density at radius 2 is 1.72 bits per heavy atom. The zero-order valence-electron chi connectivity index (χ0n) is 15.3. The monoisotopic (exact) mass is 358 g/mol. The largest absolute Gasteiger partial charge is 0.349 e. The Hall–Kier alpha value is -1.84. The molecule has 3 nitrogen and oxygen atoms in total. The summed E-state index contributed by atoms with van der Waals surface area (Å²) in [7, 11) is 4.08. The molecule has 0 spiro atoms. The smallest absolute Gasteiger partial charge is 0.220 e. The minimum atomic E-state index is 0.00480. The van der Waals surface area contributed by atoms with E-state index in [9.17, 15) is 4.79 Å². The highest BCUT2D eigenvalue weighted by atomic mass is 35.5. The van der Waals surface area contributed by atoms with Crippen molar-refractivity contribution in [2.24, 2.45) is 0 Å². The number of hydrogen-bond acceptors (Lipinski definition) is 2. The summed E-state index contributed by atoms with van der Waals surface area (Å²) in [6.45, 7) is 2.98. The number of rotatable bonds is 8. The molecule has 1 amide bonds. The number of hydrogen-bond donors (Lipinski definition) is 1. The molecule has 2 rings (SSSR count). The Bertz CT molecular complexity index is 665. The highest BCUT2D eigenvalue weighted by molar-refractivity contribution is 6.30. The minimum absolute atomic E-state index is 0.00480. The van der Waals surface area contributed by atoms with E-state index in [1.54, 1.807) is 0 Å². The van der Waals surface area contributed by atoms with Crippen LogP contribution in [-0.2, 0) is 11.2 Å². The van der Waals surface area contributed by atoms with Crippen molar-refractivity contribution in [3.63, 3.8) is 0 Å². The zero-order chi connectivity index (χ0) is 18.2. The second kappa shape index (κ2) is 9.59. The second-order valence-electron chi connectivity index (χ2n) is 6.75. The maximum atomic E-state index is 12.4. The van der Waals surface area contributed by atoms with E-state index in [2.05, 4.69) is 41.4 Å². The van der Waals surface area contributed by atoms with Crippen LogP contribution in [0.5, 0.6) is 0 Å². The highest BCUT2D eigenvalue weighted by Gasteiger charge is 2.15. The molecule has 4 heteroatoms. The van der Waals surface area contributed by atoms with Gasteiger partial charge in [-0.05, 0) is 63.7 Å². The molecule has 0 radical (unpaired) electrons. The van der Waals surface area contributed by atoms with Gasteiger partial charge in [-0.25, -0.2) is 0 Å². The first-order chi connectivity index (χ1) is 11.9.